The van der Waals surface area contributed by atoms with Gasteiger partial charge < -0.3 is 29.4 Å². The van der Waals surface area contributed by atoms with Crippen molar-refractivity contribution in [3.8, 4) is 0 Å². The minimum atomic E-state index is -1.60. The van der Waals surface area contributed by atoms with Crippen LogP contribution in [0.3, 0.4) is 0 Å². The number of unbranched alkanes of at least 4 members (excludes halogenated alkanes) is 1. The van der Waals surface area contributed by atoms with Crippen molar-refractivity contribution in [1.82, 2.24) is 10.6 Å². The lowest BCUT2D eigenvalue weighted by Gasteiger charge is -2.47. The van der Waals surface area contributed by atoms with E-state index in [0.717, 1.165) is 25.0 Å². The van der Waals surface area contributed by atoms with Gasteiger partial charge in [0.05, 0.1) is 19.8 Å². The van der Waals surface area contributed by atoms with Crippen LogP contribution in [0.1, 0.15) is 59.8 Å². The minimum Gasteiger partial charge on any atom is -0.463 e. The molecule has 3 atom stereocenters. The third-order valence-electron chi connectivity index (χ3n) is 5.67. The number of nitrogens with one attached hydrogen (secondary N) is 2. The fourth-order valence-electron chi connectivity index (χ4n) is 4.55. The highest BCUT2D eigenvalue weighted by molar-refractivity contribution is 5.81. The van der Waals surface area contributed by atoms with E-state index in [1.54, 1.807) is 0 Å². The van der Waals surface area contributed by atoms with Crippen molar-refractivity contribution in [2.45, 2.75) is 71.8 Å². The number of esters is 2. The van der Waals surface area contributed by atoms with Crippen molar-refractivity contribution in [2.75, 3.05) is 33.0 Å². The van der Waals surface area contributed by atoms with Crippen molar-refractivity contribution in [3.63, 3.8) is 0 Å². The zero-order valence-corrected chi connectivity index (χ0v) is 21.5. The Morgan fingerprint density at radius 1 is 0.971 bits per heavy atom. The number of hydrogen-bond donors (Lipinski definition) is 3. The molecule has 0 aromatic carbocycles. The predicted octanol–water partition coefficient (Wildman–Crippen LogP) is 2.81. The molecule has 1 aliphatic carbocycles. The first-order valence-electron chi connectivity index (χ1n) is 11.9. The van der Waals surface area contributed by atoms with Crippen molar-refractivity contribution in [1.29, 1.82) is 0 Å². The van der Waals surface area contributed by atoms with Crippen LogP contribution < -0.4 is 10.6 Å². The standard InChI is InChI=1S/C25H42N2O8/c1-7-20(28)32-11-9-10-12-34-22(30)27-19-15-23(3,4)17-24(5,16-19)18-26-25(6,31)35-14-13-33-21(29)8-2/h7-8,19,26,31H,1-2,9-18H2,3-6H3,(H,27,30). The van der Waals surface area contributed by atoms with Gasteiger partial charge in [-0.1, -0.05) is 33.9 Å². The quantitative estimate of drug-likeness (QED) is 0.102. The van der Waals surface area contributed by atoms with Crippen LogP contribution in [0, 0.1) is 10.8 Å². The van der Waals surface area contributed by atoms with E-state index in [1.807, 2.05) is 0 Å². The third-order valence-corrected chi connectivity index (χ3v) is 5.67. The number of ether oxygens (including phenoxy) is 4. The zero-order valence-electron chi connectivity index (χ0n) is 21.5. The number of rotatable bonds is 15. The van der Waals surface area contributed by atoms with Crippen LogP contribution in [0.2, 0.25) is 0 Å². The number of amides is 1. The third kappa shape index (κ3) is 13.3. The van der Waals surface area contributed by atoms with Gasteiger partial charge in [0.25, 0.3) is 0 Å². The van der Waals surface area contributed by atoms with E-state index in [1.165, 1.54) is 6.92 Å². The molecule has 1 aliphatic rings. The SMILES string of the molecule is C=CC(=O)OCCCCOC(=O)NC1CC(C)(C)CC(C)(CNC(C)(O)OCCOC(=O)C=C)C1. The summed E-state index contributed by atoms with van der Waals surface area (Å²) in [5.41, 5.74) is -0.259. The molecule has 1 fully saturated rings. The topological polar surface area (TPSA) is 132 Å². The highest BCUT2D eigenvalue weighted by Crippen LogP contribution is 2.46. The molecule has 0 aromatic heterocycles. The smallest absolute Gasteiger partial charge is 0.407 e. The summed E-state index contributed by atoms with van der Waals surface area (Å²) >= 11 is 0. The number of carbonyl (C=O) groups excluding carboxylic acids is 3. The average molecular weight is 499 g/mol. The Balaban J connectivity index is 2.46. The molecule has 0 aliphatic heterocycles. The largest absolute Gasteiger partial charge is 0.463 e. The Hall–Kier alpha value is -2.43. The van der Waals surface area contributed by atoms with Crippen molar-refractivity contribution >= 4 is 18.0 Å². The van der Waals surface area contributed by atoms with Crippen LogP contribution >= 0.6 is 0 Å². The summed E-state index contributed by atoms with van der Waals surface area (Å²) in [6.07, 6.45) is 5.25. The maximum Gasteiger partial charge on any atom is 0.407 e. The molecule has 10 nitrogen and oxygen atoms in total. The van der Waals surface area contributed by atoms with Crippen molar-refractivity contribution in [3.05, 3.63) is 25.3 Å². The van der Waals surface area contributed by atoms with Crippen molar-refractivity contribution in [2.24, 2.45) is 10.8 Å². The Morgan fingerprint density at radius 3 is 2.14 bits per heavy atom. The summed E-state index contributed by atoms with van der Waals surface area (Å²) in [4.78, 5) is 34.4. The van der Waals surface area contributed by atoms with E-state index in [-0.39, 0.29) is 43.3 Å². The lowest BCUT2D eigenvalue weighted by atomic mass is 9.62. The summed E-state index contributed by atoms with van der Waals surface area (Å²) in [7, 11) is 0. The monoisotopic (exact) mass is 498 g/mol. The summed E-state index contributed by atoms with van der Waals surface area (Å²) in [5.74, 6) is -2.63. The van der Waals surface area contributed by atoms with Crippen LogP contribution in [0.15, 0.2) is 25.3 Å². The van der Waals surface area contributed by atoms with E-state index in [4.69, 9.17) is 18.9 Å². The molecule has 200 valence electrons. The minimum absolute atomic E-state index is 0.00105. The molecule has 0 bridgehead atoms. The van der Waals surface area contributed by atoms with Gasteiger partial charge in [0.2, 0.25) is 5.91 Å². The molecule has 0 aromatic rings. The van der Waals surface area contributed by atoms with Crippen LogP contribution in [0.5, 0.6) is 0 Å². The Morgan fingerprint density at radius 2 is 1.54 bits per heavy atom. The fourth-order valence-corrected chi connectivity index (χ4v) is 4.55. The lowest BCUT2D eigenvalue weighted by Crippen LogP contribution is -2.54. The van der Waals surface area contributed by atoms with Gasteiger partial charge in [-0.2, -0.15) is 0 Å². The molecular weight excluding hydrogens is 456 g/mol. The van der Waals surface area contributed by atoms with Gasteiger partial charge >= 0.3 is 18.0 Å². The highest BCUT2D eigenvalue weighted by atomic mass is 16.7. The Labute approximate surface area is 208 Å². The average Bonchev–Trinajstić information content (AvgIpc) is 2.76. The summed E-state index contributed by atoms with van der Waals surface area (Å²) in [6.45, 7) is 15.5. The first kappa shape index (κ1) is 30.6. The second-order valence-electron chi connectivity index (χ2n) is 10.2. The van der Waals surface area contributed by atoms with Crippen LogP contribution in [0.25, 0.3) is 0 Å². The Bertz CT molecular complexity index is 737. The molecule has 3 N–H and O–H groups in total. The maximum absolute atomic E-state index is 12.3. The Kier molecular flexibility index (Phi) is 12.4. The summed E-state index contributed by atoms with van der Waals surface area (Å²) in [6, 6.07) is -0.0872. The molecule has 10 heteroatoms. The molecule has 3 unspecified atom stereocenters. The fraction of sp³-hybridized carbons (Fsp3) is 0.720. The van der Waals surface area contributed by atoms with E-state index in [9.17, 15) is 19.5 Å². The summed E-state index contributed by atoms with van der Waals surface area (Å²) < 4.78 is 20.4. The molecule has 1 rings (SSSR count). The lowest BCUT2D eigenvalue weighted by molar-refractivity contribution is -0.220. The van der Waals surface area contributed by atoms with E-state index in [2.05, 4.69) is 44.6 Å². The normalized spacial score (nSPS) is 22.8. The number of carbonyl (C=O) groups is 3. The molecule has 35 heavy (non-hydrogen) atoms. The molecule has 1 amide bonds. The van der Waals surface area contributed by atoms with Gasteiger partial charge in [-0.25, -0.2) is 14.4 Å². The molecule has 0 saturated heterocycles. The number of hydrogen-bond acceptors (Lipinski definition) is 9. The number of aliphatic hydroxyl groups is 1. The molecule has 0 heterocycles. The first-order valence-corrected chi connectivity index (χ1v) is 11.9. The van der Waals surface area contributed by atoms with Gasteiger partial charge in [0, 0.05) is 31.7 Å². The second kappa shape index (κ2) is 14.2. The zero-order chi connectivity index (χ0) is 26.5. The molecule has 0 spiro atoms. The first-order chi connectivity index (χ1) is 16.3. The van der Waals surface area contributed by atoms with Gasteiger partial charge in [0.15, 0.2) is 0 Å². The number of alkyl carbamates (subject to hydrolysis) is 1. The van der Waals surface area contributed by atoms with Gasteiger partial charge in [-0.15, -0.1) is 0 Å². The van der Waals surface area contributed by atoms with Gasteiger partial charge in [-0.3, -0.25) is 5.32 Å². The van der Waals surface area contributed by atoms with Gasteiger partial charge in [-0.05, 0) is 42.9 Å². The van der Waals surface area contributed by atoms with Crippen LogP contribution in [0.4, 0.5) is 4.79 Å². The van der Waals surface area contributed by atoms with E-state index in [0.29, 0.717) is 25.8 Å². The van der Waals surface area contributed by atoms with E-state index >= 15 is 0 Å². The van der Waals surface area contributed by atoms with Crippen molar-refractivity contribution < 1.29 is 38.4 Å². The maximum atomic E-state index is 12.3. The molecular formula is C25H42N2O8. The second-order valence-corrected chi connectivity index (χ2v) is 10.2. The van der Waals surface area contributed by atoms with E-state index < -0.39 is 23.9 Å². The molecule has 0 radical (unpaired) electrons. The predicted molar refractivity (Wildman–Crippen MR) is 130 cm³/mol. The highest BCUT2D eigenvalue weighted by Gasteiger charge is 2.42. The van der Waals surface area contributed by atoms with Crippen LogP contribution in [-0.4, -0.2) is 68.1 Å². The van der Waals surface area contributed by atoms with Crippen LogP contribution in [-0.2, 0) is 28.5 Å². The summed E-state index contributed by atoms with van der Waals surface area (Å²) in [5, 5.41) is 16.5. The molecule has 1 saturated carbocycles. The van der Waals surface area contributed by atoms with Gasteiger partial charge in [0.1, 0.15) is 6.61 Å².